The number of oxazole rings is 2. The molecule has 3 atom stereocenters. The zero-order valence-electron chi connectivity index (χ0n) is 34.6. The molecule has 0 saturated heterocycles. The van der Waals surface area contributed by atoms with Crippen LogP contribution in [0.25, 0.3) is 33.4 Å². The fraction of sp³-hybridized carbons (Fsp3) is 0.175. The van der Waals surface area contributed by atoms with E-state index in [4.69, 9.17) is 14.6 Å². The molecule has 0 saturated carbocycles. The molecule has 7 heterocycles. The molecule has 6 aromatic rings. The smallest absolute Gasteiger partial charge is 0.289 e. The third-order valence-electron chi connectivity index (χ3n) is 9.12. The molecule has 3 unspecified atom stereocenters. The molecule has 1 aliphatic heterocycles. The topological polar surface area (TPSA) is 342 Å². The van der Waals surface area contributed by atoms with E-state index in [0.717, 1.165) is 46.5 Å². The minimum atomic E-state index is -1.53. The molecule has 0 fully saturated rings. The first-order chi connectivity index (χ1) is 31.5. The van der Waals surface area contributed by atoms with Crippen molar-refractivity contribution in [3.63, 3.8) is 0 Å². The first kappa shape index (κ1) is 45.9. The minimum absolute atomic E-state index is 0.0107. The van der Waals surface area contributed by atoms with Gasteiger partial charge in [-0.2, -0.15) is 0 Å². The molecule has 9 N–H and O–H groups in total. The second-order valence-corrected chi connectivity index (χ2v) is 16.9. The van der Waals surface area contributed by atoms with E-state index in [1.54, 1.807) is 13.8 Å². The minimum Gasteiger partial charge on any atom is -0.443 e. The van der Waals surface area contributed by atoms with Gasteiger partial charge in [0, 0.05) is 10.9 Å². The summed E-state index contributed by atoms with van der Waals surface area (Å²) in [6.45, 7) is 11.8. The molecule has 0 spiro atoms. The lowest BCUT2D eigenvalue weighted by molar-refractivity contribution is -0.124. The van der Waals surface area contributed by atoms with E-state index in [0.29, 0.717) is 10.0 Å². The summed E-state index contributed by atoms with van der Waals surface area (Å²) in [7, 11) is 0. The average molecular weight is 954 g/mol. The number of aliphatic hydroxyl groups excluding tert-OH is 1. The largest absolute Gasteiger partial charge is 0.443 e. The van der Waals surface area contributed by atoms with Crippen molar-refractivity contribution >= 4 is 86.8 Å². The van der Waals surface area contributed by atoms with Crippen molar-refractivity contribution in [2.24, 2.45) is 5.73 Å². The van der Waals surface area contributed by atoms with Crippen LogP contribution >= 0.6 is 34.0 Å². The molecule has 0 aliphatic carbocycles. The van der Waals surface area contributed by atoms with Crippen molar-refractivity contribution in [1.29, 1.82) is 0 Å². The third kappa shape index (κ3) is 10.2. The molecule has 7 rings (SSSR count). The van der Waals surface area contributed by atoms with E-state index in [1.165, 1.54) is 42.9 Å². The van der Waals surface area contributed by atoms with Gasteiger partial charge >= 0.3 is 0 Å². The zero-order valence-corrected chi connectivity index (χ0v) is 37.0. The Balaban J connectivity index is 1.17. The summed E-state index contributed by atoms with van der Waals surface area (Å²) in [6.07, 6.45) is 4.90. The van der Waals surface area contributed by atoms with Gasteiger partial charge in [-0.15, -0.1) is 34.0 Å². The molecule has 10 bridgehead atoms. The van der Waals surface area contributed by atoms with Crippen molar-refractivity contribution in [3.05, 3.63) is 116 Å². The number of nitrogens with two attached hydrogens (primary N) is 1. The second kappa shape index (κ2) is 19.4. The predicted molar refractivity (Wildman–Crippen MR) is 236 cm³/mol. The summed E-state index contributed by atoms with van der Waals surface area (Å²) in [5, 5.41) is 28.2. The number of carbonyl (C=O) groups is 7. The van der Waals surface area contributed by atoms with Crippen LogP contribution in [0.15, 0.2) is 76.1 Å². The number of hydrogen-bond acceptors (Lipinski definition) is 19. The fourth-order valence-corrected chi connectivity index (χ4v) is 8.16. The van der Waals surface area contributed by atoms with Crippen LogP contribution < -0.4 is 37.6 Å². The van der Waals surface area contributed by atoms with Crippen LogP contribution in [0.4, 0.5) is 0 Å². The molecule has 6 aromatic heterocycles. The van der Waals surface area contributed by atoms with Gasteiger partial charge in [-0.1, -0.05) is 19.2 Å². The molecule has 26 heteroatoms. The van der Waals surface area contributed by atoms with Gasteiger partial charge in [0.25, 0.3) is 35.4 Å². The first-order valence-electron chi connectivity index (χ1n) is 19.1. The van der Waals surface area contributed by atoms with Crippen LogP contribution in [-0.4, -0.2) is 88.5 Å². The summed E-state index contributed by atoms with van der Waals surface area (Å²) in [5.41, 5.74) is 5.04. The van der Waals surface area contributed by atoms with Gasteiger partial charge in [0.15, 0.2) is 0 Å². The Kier molecular flexibility index (Phi) is 13.5. The number of allylic oxidation sites excluding steroid dienone is 1. The van der Waals surface area contributed by atoms with Gasteiger partial charge in [-0.25, -0.2) is 29.9 Å². The van der Waals surface area contributed by atoms with Gasteiger partial charge < -0.3 is 51.6 Å². The molecule has 7 amide bonds. The highest BCUT2D eigenvalue weighted by Crippen LogP contribution is 2.33. The molecular formula is C40H35N13O10S3. The number of aromatic nitrogens is 6. The average Bonchev–Trinajstić information content (AvgIpc) is 4.15. The molecule has 23 nitrogen and oxygen atoms in total. The quantitative estimate of drug-likeness (QED) is 0.115. The number of amides is 7. The standard InChI is InChI=1S/C40H35N13O10S3/c1-6-20-38-44-9-24(63-38)33(58)43-12-27-42-10-25(65-27)34(59)48-17(4)39-45-11-26(66-39)35(60)46-15(2)31(56)47-16(3)37-51-22(13-62-37)29-19(7-8-21(49-29)30(41)55)40-52-23(14-64-40)32(57)53-28(18(5)54)36(61)50-20/h6-11,13-14,17-18,28,54H,2-3,12H2,1,4-5H3,(H2,41,55)(H,43,58)(H,46,60)(H,47,56)(H,48,59)(H,50,61)(H,53,57). The van der Waals surface area contributed by atoms with Crippen LogP contribution in [-0.2, 0) is 16.1 Å². The molecule has 338 valence electrons. The van der Waals surface area contributed by atoms with E-state index in [-0.39, 0.29) is 84.3 Å². The number of nitrogens with zero attached hydrogens (tertiary/aromatic N) is 6. The van der Waals surface area contributed by atoms with Crippen molar-refractivity contribution in [3.8, 4) is 22.0 Å². The predicted octanol–water partition coefficient (Wildman–Crippen LogP) is 2.28. The van der Waals surface area contributed by atoms with E-state index in [9.17, 15) is 38.7 Å². The molecule has 0 aromatic carbocycles. The second-order valence-electron chi connectivity index (χ2n) is 13.9. The Morgan fingerprint density at radius 3 is 2.35 bits per heavy atom. The fourth-order valence-electron chi connectivity index (χ4n) is 5.75. The highest BCUT2D eigenvalue weighted by molar-refractivity contribution is 7.14. The van der Waals surface area contributed by atoms with Crippen LogP contribution in [0.3, 0.4) is 0 Å². The van der Waals surface area contributed by atoms with E-state index in [1.807, 2.05) is 0 Å². The third-order valence-corrected chi connectivity index (χ3v) is 12.2. The van der Waals surface area contributed by atoms with Crippen molar-refractivity contribution < 1.29 is 47.5 Å². The summed E-state index contributed by atoms with van der Waals surface area (Å²) < 4.78 is 11.2. The number of nitrogens with one attached hydrogen (secondary N) is 6. The van der Waals surface area contributed by atoms with E-state index < -0.39 is 59.5 Å². The summed E-state index contributed by atoms with van der Waals surface area (Å²) in [5.74, 6) is -5.94. The maximum atomic E-state index is 13.5. The van der Waals surface area contributed by atoms with E-state index >= 15 is 0 Å². The Morgan fingerprint density at radius 2 is 1.61 bits per heavy atom. The Labute approximate surface area is 383 Å². The normalized spacial score (nSPS) is 18.1. The van der Waals surface area contributed by atoms with Crippen LogP contribution in [0, 0.1) is 0 Å². The Bertz CT molecular complexity index is 3000. The zero-order chi connectivity index (χ0) is 47.4. The lowest BCUT2D eigenvalue weighted by Crippen LogP contribution is -2.52. The van der Waals surface area contributed by atoms with Gasteiger partial charge in [0.1, 0.15) is 59.9 Å². The molecule has 1 aliphatic rings. The number of primary amides is 1. The maximum Gasteiger partial charge on any atom is 0.289 e. The monoisotopic (exact) mass is 953 g/mol. The first-order valence-corrected chi connectivity index (χ1v) is 21.7. The SMILES string of the molecule is C=C1NC(=O)c2cnc(s2)C(C)NC(=O)c2cnc(s2)CNC(=O)c2cnc(o2)C(=CC)NC(=O)C(C(C)O)NC(=O)c2csc(n2)-c2ccc(C(N)=O)nc2-c2coc(n2)C(=C)NC1=O. The molecule has 66 heavy (non-hydrogen) atoms. The lowest BCUT2D eigenvalue weighted by Gasteiger charge is -2.20. The highest BCUT2D eigenvalue weighted by atomic mass is 32.1. The van der Waals surface area contributed by atoms with Crippen molar-refractivity contribution in [2.75, 3.05) is 0 Å². The summed E-state index contributed by atoms with van der Waals surface area (Å²) >= 11 is 2.97. The maximum absolute atomic E-state index is 13.5. The number of rotatable bonds is 2. The van der Waals surface area contributed by atoms with Crippen molar-refractivity contribution in [2.45, 2.75) is 45.5 Å². The van der Waals surface area contributed by atoms with Crippen molar-refractivity contribution in [1.82, 2.24) is 61.8 Å². The van der Waals surface area contributed by atoms with Gasteiger partial charge in [-0.05, 0) is 32.9 Å². The highest BCUT2D eigenvalue weighted by Gasteiger charge is 2.30. The number of hydrogen-bond donors (Lipinski definition) is 8. The number of carbonyl (C=O) groups excluding carboxylic acids is 7. The number of thiazole rings is 3. The molecular weight excluding hydrogens is 919 g/mol. The van der Waals surface area contributed by atoms with E-state index in [2.05, 4.69) is 75.0 Å². The molecule has 0 radical (unpaired) electrons. The van der Waals surface area contributed by atoms with Crippen LogP contribution in [0.2, 0.25) is 0 Å². The Morgan fingerprint density at radius 1 is 0.864 bits per heavy atom. The summed E-state index contributed by atoms with van der Waals surface area (Å²) in [4.78, 5) is 118. The summed E-state index contributed by atoms with van der Waals surface area (Å²) in [6, 6.07) is 0.615. The number of aliphatic hydroxyl groups is 1. The van der Waals surface area contributed by atoms with Crippen LogP contribution in [0.5, 0.6) is 0 Å². The lowest BCUT2D eigenvalue weighted by atomic mass is 10.1. The van der Waals surface area contributed by atoms with Gasteiger partial charge in [-0.3, -0.25) is 33.6 Å². The van der Waals surface area contributed by atoms with Gasteiger partial charge in [0.05, 0.1) is 54.4 Å². The number of fused-ring (bicyclic) bond motifs is 13. The Hall–Kier alpha value is -8.07. The van der Waals surface area contributed by atoms with Gasteiger partial charge in [0.2, 0.25) is 23.4 Å². The number of pyridine rings is 1. The van der Waals surface area contributed by atoms with Crippen LogP contribution in [0.1, 0.15) is 99.5 Å².